The summed E-state index contributed by atoms with van der Waals surface area (Å²) in [5.74, 6) is -0.148. The van der Waals surface area contributed by atoms with Gasteiger partial charge in [-0.1, -0.05) is 45.1 Å². The van der Waals surface area contributed by atoms with Crippen molar-refractivity contribution in [1.29, 1.82) is 0 Å². The van der Waals surface area contributed by atoms with Crippen molar-refractivity contribution in [1.82, 2.24) is 4.90 Å². The zero-order chi connectivity index (χ0) is 14.9. The Hall–Kier alpha value is -1.90. The smallest absolute Gasteiger partial charge is 0.235 e. The van der Waals surface area contributed by atoms with E-state index in [0.29, 0.717) is 5.56 Å². The number of allylic oxidation sites excluding steroid dienone is 2. The highest BCUT2D eigenvalue weighted by Gasteiger charge is 2.26. The van der Waals surface area contributed by atoms with Crippen LogP contribution in [0.4, 0.5) is 4.39 Å². The van der Waals surface area contributed by atoms with E-state index >= 15 is 0 Å². The first kappa shape index (κ1) is 14.5. The maximum absolute atomic E-state index is 13.6. The van der Waals surface area contributed by atoms with Gasteiger partial charge in [-0.25, -0.2) is 4.39 Å². The molecule has 0 atom stereocenters. The third-order valence-electron chi connectivity index (χ3n) is 3.36. The number of carbonyl (C=O) groups is 1. The number of rotatable bonds is 1. The predicted molar refractivity (Wildman–Crippen MR) is 78.5 cm³/mol. The highest BCUT2D eigenvalue weighted by Crippen LogP contribution is 2.26. The molecule has 1 heterocycles. The molecule has 1 aliphatic rings. The number of hydrogen-bond donors (Lipinski definition) is 0. The minimum atomic E-state index is -0.419. The lowest BCUT2D eigenvalue weighted by molar-refractivity contribution is -0.134. The van der Waals surface area contributed by atoms with E-state index in [1.165, 1.54) is 0 Å². The molecule has 0 N–H and O–H groups in total. The molecule has 0 aliphatic carbocycles. The standard InChI is InChI=1S/C17H20FNO/c1-12-5-6-14(11-15(12)18)13-7-9-19(10-8-13)16(20)17(2,3)4/h5-11,13H,1-4H3. The van der Waals surface area contributed by atoms with E-state index in [9.17, 15) is 9.18 Å². The lowest BCUT2D eigenvalue weighted by Crippen LogP contribution is -2.33. The summed E-state index contributed by atoms with van der Waals surface area (Å²) in [5.41, 5.74) is 1.11. The van der Waals surface area contributed by atoms with Crippen LogP contribution in [0.5, 0.6) is 0 Å². The van der Waals surface area contributed by atoms with Crippen molar-refractivity contribution >= 4 is 5.91 Å². The summed E-state index contributed by atoms with van der Waals surface area (Å²) in [6.07, 6.45) is 7.34. The first-order valence-corrected chi connectivity index (χ1v) is 6.74. The van der Waals surface area contributed by atoms with Gasteiger partial charge in [0.2, 0.25) is 5.91 Å². The van der Waals surface area contributed by atoms with Gasteiger partial charge in [0.15, 0.2) is 0 Å². The van der Waals surface area contributed by atoms with Crippen LogP contribution < -0.4 is 0 Å². The van der Waals surface area contributed by atoms with Crippen LogP contribution in [0.1, 0.15) is 37.8 Å². The fourth-order valence-electron chi connectivity index (χ4n) is 2.05. The number of aryl methyl sites for hydroxylation is 1. The van der Waals surface area contributed by atoms with E-state index < -0.39 is 5.41 Å². The van der Waals surface area contributed by atoms with Gasteiger partial charge in [-0.15, -0.1) is 0 Å². The number of amides is 1. The summed E-state index contributed by atoms with van der Waals surface area (Å²) in [7, 11) is 0. The molecule has 0 saturated carbocycles. The lowest BCUT2D eigenvalue weighted by atomic mass is 9.93. The summed E-state index contributed by atoms with van der Waals surface area (Å²) >= 11 is 0. The molecule has 0 aromatic heterocycles. The van der Waals surface area contributed by atoms with Crippen LogP contribution in [0.3, 0.4) is 0 Å². The second-order valence-corrected chi connectivity index (χ2v) is 6.18. The van der Waals surface area contributed by atoms with Gasteiger partial charge >= 0.3 is 0 Å². The first-order valence-electron chi connectivity index (χ1n) is 6.74. The maximum Gasteiger partial charge on any atom is 0.235 e. The van der Waals surface area contributed by atoms with Gasteiger partial charge < -0.3 is 0 Å². The van der Waals surface area contributed by atoms with Gasteiger partial charge in [-0.05, 0) is 24.1 Å². The fraction of sp³-hybridized carbons (Fsp3) is 0.353. The lowest BCUT2D eigenvalue weighted by Gasteiger charge is -2.26. The largest absolute Gasteiger partial charge is 0.295 e. The predicted octanol–water partition coefficient (Wildman–Crippen LogP) is 4.13. The molecule has 1 amide bonds. The Morgan fingerprint density at radius 3 is 2.30 bits per heavy atom. The molecule has 2 rings (SSSR count). The second kappa shape index (κ2) is 5.23. The number of hydrogen-bond acceptors (Lipinski definition) is 1. The van der Waals surface area contributed by atoms with Crippen molar-refractivity contribution < 1.29 is 9.18 Å². The molecule has 20 heavy (non-hydrogen) atoms. The summed E-state index contributed by atoms with van der Waals surface area (Å²) in [5, 5.41) is 0. The summed E-state index contributed by atoms with van der Waals surface area (Å²) in [4.78, 5) is 13.7. The molecule has 1 aromatic carbocycles. The number of carbonyl (C=O) groups excluding carboxylic acids is 1. The normalized spacial score (nSPS) is 15.8. The monoisotopic (exact) mass is 273 g/mol. The van der Waals surface area contributed by atoms with E-state index in [1.54, 1.807) is 36.4 Å². The number of benzene rings is 1. The molecule has 3 heteroatoms. The maximum atomic E-state index is 13.6. The molecule has 0 fully saturated rings. The third kappa shape index (κ3) is 2.98. The van der Waals surface area contributed by atoms with Gasteiger partial charge in [0.1, 0.15) is 5.82 Å². The number of nitrogens with zero attached hydrogens (tertiary/aromatic N) is 1. The van der Waals surface area contributed by atoms with Crippen LogP contribution in [-0.2, 0) is 4.79 Å². The van der Waals surface area contributed by atoms with Crippen molar-refractivity contribution in [3.63, 3.8) is 0 Å². The molecule has 106 valence electrons. The van der Waals surface area contributed by atoms with Crippen LogP contribution in [0.25, 0.3) is 0 Å². The van der Waals surface area contributed by atoms with Crippen LogP contribution in [0, 0.1) is 18.2 Å². The Labute approximate surface area is 119 Å². The Kier molecular flexibility index (Phi) is 3.80. The van der Waals surface area contributed by atoms with Gasteiger partial charge in [0, 0.05) is 23.7 Å². The van der Waals surface area contributed by atoms with E-state index in [1.807, 2.05) is 39.0 Å². The van der Waals surface area contributed by atoms with Crippen LogP contribution in [0.2, 0.25) is 0 Å². The highest BCUT2D eigenvalue weighted by atomic mass is 19.1. The Bertz CT molecular complexity index is 567. The van der Waals surface area contributed by atoms with Crippen LogP contribution >= 0.6 is 0 Å². The Balaban J connectivity index is 2.15. The number of halogens is 1. The van der Waals surface area contributed by atoms with Crippen molar-refractivity contribution in [3.8, 4) is 0 Å². The average molecular weight is 273 g/mol. The minimum absolute atomic E-state index is 0.00844. The Morgan fingerprint density at radius 2 is 1.80 bits per heavy atom. The molecule has 2 nitrogen and oxygen atoms in total. The molecule has 0 bridgehead atoms. The summed E-state index contributed by atoms with van der Waals surface area (Å²) in [6.45, 7) is 7.41. The molecule has 0 radical (unpaired) electrons. The van der Waals surface area contributed by atoms with Gasteiger partial charge in [-0.2, -0.15) is 0 Å². The molecular formula is C17H20FNO. The third-order valence-corrected chi connectivity index (χ3v) is 3.36. The van der Waals surface area contributed by atoms with E-state index in [0.717, 1.165) is 5.56 Å². The van der Waals surface area contributed by atoms with Gasteiger partial charge in [0.25, 0.3) is 0 Å². The van der Waals surface area contributed by atoms with Crippen LogP contribution in [-0.4, -0.2) is 10.8 Å². The van der Waals surface area contributed by atoms with E-state index in [2.05, 4.69) is 0 Å². The van der Waals surface area contributed by atoms with Crippen molar-refractivity contribution in [2.75, 3.05) is 0 Å². The molecule has 0 saturated heterocycles. The van der Waals surface area contributed by atoms with Gasteiger partial charge in [-0.3, -0.25) is 9.69 Å². The fourth-order valence-corrected chi connectivity index (χ4v) is 2.05. The molecule has 0 spiro atoms. The zero-order valence-corrected chi connectivity index (χ0v) is 12.4. The van der Waals surface area contributed by atoms with Crippen LogP contribution in [0.15, 0.2) is 42.8 Å². The van der Waals surface area contributed by atoms with Gasteiger partial charge in [0.05, 0.1) is 0 Å². The SMILES string of the molecule is Cc1ccc(C2C=CN(C(=O)C(C)(C)C)C=C2)cc1F. The molecule has 1 aliphatic heterocycles. The molecule has 1 aromatic rings. The van der Waals surface area contributed by atoms with Crippen molar-refractivity contribution in [2.24, 2.45) is 5.41 Å². The summed E-state index contributed by atoms with van der Waals surface area (Å²) in [6, 6.07) is 5.24. The molecule has 0 unspecified atom stereocenters. The quantitative estimate of drug-likeness (QED) is 0.753. The van der Waals surface area contributed by atoms with E-state index in [4.69, 9.17) is 0 Å². The molecular weight excluding hydrogens is 253 g/mol. The summed E-state index contributed by atoms with van der Waals surface area (Å²) < 4.78 is 13.6. The van der Waals surface area contributed by atoms with Crippen molar-refractivity contribution in [2.45, 2.75) is 33.6 Å². The first-order chi connectivity index (χ1) is 9.29. The average Bonchev–Trinajstić information content (AvgIpc) is 2.40. The topological polar surface area (TPSA) is 20.3 Å². The van der Waals surface area contributed by atoms with E-state index in [-0.39, 0.29) is 17.6 Å². The highest BCUT2D eigenvalue weighted by molar-refractivity contribution is 5.83. The minimum Gasteiger partial charge on any atom is -0.295 e. The second-order valence-electron chi connectivity index (χ2n) is 6.18. The Morgan fingerprint density at radius 1 is 1.20 bits per heavy atom. The van der Waals surface area contributed by atoms with Crippen molar-refractivity contribution in [3.05, 3.63) is 59.7 Å². The zero-order valence-electron chi connectivity index (χ0n) is 12.4.